The van der Waals surface area contributed by atoms with Crippen LogP contribution in [0.1, 0.15) is 11.1 Å². The molecule has 27 heavy (non-hydrogen) atoms. The second-order valence-corrected chi connectivity index (χ2v) is 6.77. The van der Waals surface area contributed by atoms with Crippen molar-refractivity contribution in [2.75, 3.05) is 20.2 Å². The molecule has 0 aliphatic heterocycles. The van der Waals surface area contributed by atoms with Crippen LogP contribution in [0.15, 0.2) is 64.8 Å². The molecule has 0 aliphatic carbocycles. The molecule has 0 aromatic heterocycles. The van der Waals surface area contributed by atoms with Gasteiger partial charge < -0.3 is 15.4 Å². The lowest BCUT2D eigenvalue weighted by Gasteiger charge is -2.06. The molecule has 0 radical (unpaired) electrons. The first-order valence-corrected chi connectivity index (χ1v) is 9.41. The number of hydrogen-bond donors (Lipinski definition) is 2. The molecule has 5 nitrogen and oxygen atoms in total. The molecule has 0 spiro atoms. The summed E-state index contributed by atoms with van der Waals surface area (Å²) in [7, 11) is 1.62. The van der Waals surface area contributed by atoms with Crippen molar-refractivity contribution in [1.82, 2.24) is 10.6 Å². The molecule has 2 N–H and O–H groups in total. The fraction of sp³-hybridized carbons (Fsp3) is 0.238. The Kier molecular flexibility index (Phi) is 8.40. The molecule has 0 bridgehead atoms. The molecule has 1 amide bonds. The van der Waals surface area contributed by atoms with Crippen LogP contribution >= 0.6 is 15.9 Å². The third-order valence-corrected chi connectivity index (χ3v) is 4.47. The quantitative estimate of drug-likeness (QED) is 0.365. The first-order valence-electron chi connectivity index (χ1n) is 8.61. The number of nitrogens with one attached hydrogen (secondary N) is 2. The minimum absolute atomic E-state index is 0.0699. The van der Waals surface area contributed by atoms with Crippen LogP contribution in [0.4, 0.5) is 0 Å². The maximum Gasteiger partial charge on any atom is 0.263 e. The summed E-state index contributed by atoms with van der Waals surface area (Å²) < 4.78 is 6.15. The fourth-order valence-electron chi connectivity index (χ4n) is 2.40. The average Bonchev–Trinajstić information content (AvgIpc) is 2.70. The smallest absolute Gasteiger partial charge is 0.263 e. The monoisotopic (exact) mass is 427 g/mol. The molecule has 6 heteroatoms. The predicted octanol–water partition coefficient (Wildman–Crippen LogP) is 3.36. The van der Waals surface area contributed by atoms with Crippen LogP contribution in [0.5, 0.6) is 5.75 Å². The number of hydrogen-bond acceptors (Lipinski definition) is 4. The highest BCUT2D eigenvalue weighted by Gasteiger charge is 2.07. The van der Waals surface area contributed by atoms with E-state index in [1.165, 1.54) is 11.8 Å². The number of nitriles is 1. The van der Waals surface area contributed by atoms with E-state index < -0.39 is 0 Å². The topological polar surface area (TPSA) is 74.1 Å². The summed E-state index contributed by atoms with van der Waals surface area (Å²) in [4.78, 5) is 12.1. The summed E-state index contributed by atoms with van der Waals surface area (Å²) in [5.74, 6) is 0.425. The van der Waals surface area contributed by atoms with Gasteiger partial charge in [-0.05, 0) is 48.2 Å². The van der Waals surface area contributed by atoms with Gasteiger partial charge in [-0.25, -0.2) is 0 Å². The van der Waals surface area contributed by atoms with Crippen LogP contribution in [-0.4, -0.2) is 26.1 Å². The molecule has 0 saturated heterocycles. The van der Waals surface area contributed by atoms with Crippen molar-refractivity contribution >= 4 is 21.8 Å². The Bertz CT molecular complexity index is 809. The van der Waals surface area contributed by atoms with Crippen molar-refractivity contribution in [3.63, 3.8) is 0 Å². The first kappa shape index (κ1) is 20.5. The van der Waals surface area contributed by atoms with Crippen LogP contribution in [0.2, 0.25) is 0 Å². The summed E-state index contributed by atoms with van der Waals surface area (Å²) in [5.41, 5.74) is 2.34. The summed E-state index contributed by atoms with van der Waals surface area (Å²) in [6.45, 7) is 1.11. The Balaban J connectivity index is 1.74. The minimum atomic E-state index is -0.373. The van der Waals surface area contributed by atoms with Gasteiger partial charge in [0.05, 0.1) is 7.11 Å². The summed E-state index contributed by atoms with van der Waals surface area (Å²) in [5, 5.41) is 15.0. The van der Waals surface area contributed by atoms with Crippen LogP contribution in [-0.2, 0) is 17.6 Å². The summed E-state index contributed by atoms with van der Waals surface area (Å²) in [6.07, 6.45) is 2.97. The van der Waals surface area contributed by atoms with E-state index >= 15 is 0 Å². The second-order valence-electron chi connectivity index (χ2n) is 5.85. The standard InChI is InChI=1S/C21H22BrN3O2/c1-27-20-8-4-17(5-9-20)11-13-25-21(26)18(14-23)15-24-12-10-16-2-6-19(22)7-3-16/h2-9,15,24H,10-13H2,1H3,(H,25,26)/b18-15-. The molecule has 0 saturated carbocycles. The first-order chi connectivity index (χ1) is 13.1. The molecule has 140 valence electrons. The Labute approximate surface area is 168 Å². The van der Waals surface area contributed by atoms with E-state index in [4.69, 9.17) is 4.74 Å². The van der Waals surface area contributed by atoms with Crippen LogP contribution in [0.3, 0.4) is 0 Å². The van der Waals surface area contributed by atoms with Crippen LogP contribution < -0.4 is 15.4 Å². The van der Waals surface area contributed by atoms with Gasteiger partial charge in [0, 0.05) is 23.8 Å². The predicted molar refractivity (Wildman–Crippen MR) is 109 cm³/mol. The van der Waals surface area contributed by atoms with E-state index in [1.807, 2.05) is 54.6 Å². The summed E-state index contributed by atoms with van der Waals surface area (Å²) in [6, 6.07) is 17.7. The fourth-order valence-corrected chi connectivity index (χ4v) is 2.66. The Morgan fingerprint density at radius 3 is 2.26 bits per heavy atom. The molecule has 2 rings (SSSR count). The Morgan fingerprint density at radius 1 is 1.07 bits per heavy atom. The summed E-state index contributed by atoms with van der Waals surface area (Å²) >= 11 is 3.40. The number of nitrogens with zero attached hydrogens (tertiary/aromatic N) is 1. The zero-order chi connectivity index (χ0) is 19.5. The van der Waals surface area contributed by atoms with Crippen molar-refractivity contribution in [2.24, 2.45) is 0 Å². The van der Waals surface area contributed by atoms with Gasteiger partial charge in [-0.2, -0.15) is 5.26 Å². The van der Waals surface area contributed by atoms with E-state index in [0.29, 0.717) is 19.5 Å². The lowest BCUT2D eigenvalue weighted by Crippen LogP contribution is -2.28. The lowest BCUT2D eigenvalue weighted by molar-refractivity contribution is -0.117. The number of benzene rings is 2. The number of halogens is 1. The molecule has 2 aromatic carbocycles. The van der Waals surface area contributed by atoms with Crippen LogP contribution in [0, 0.1) is 11.3 Å². The van der Waals surface area contributed by atoms with E-state index in [-0.39, 0.29) is 11.5 Å². The number of methoxy groups -OCH3 is 1. The Hall–Kier alpha value is -2.78. The highest BCUT2D eigenvalue weighted by molar-refractivity contribution is 9.10. The van der Waals surface area contributed by atoms with Crippen molar-refractivity contribution in [3.8, 4) is 11.8 Å². The molecular weight excluding hydrogens is 406 g/mol. The normalized spacial score (nSPS) is 10.8. The van der Waals surface area contributed by atoms with Gasteiger partial charge >= 0.3 is 0 Å². The Morgan fingerprint density at radius 2 is 1.67 bits per heavy atom. The number of amides is 1. The van der Waals surface area contributed by atoms with E-state index in [0.717, 1.165) is 22.2 Å². The van der Waals surface area contributed by atoms with Crippen molar-refractivity contribution in [3.05, 3.63) is 75.9 Å². The van der Waals surface area contributed by atoms with Gasteiger partial charge in [-0.3, -0.25) is 4.79 Å². The van der Waals surface area contributed by atoms with Crippen molar-refractivity contribution < 1.29 is 9.53 Å². The highest BCUT2D eigenvalue weighted by Crippen LogP contribution is 2.11. The number of carbonyl (C=O) groups excluding carboxylic acids is 1. The minimum Gasteiger partial charge on any atom is -0.497 e. The van der Waals surface area contributed by atoms with Gasteiger partial charge in [-0.15, -0.1) is 0 Å². The van der Waals surface area contributed by atoms with Gasteiger partial charge in [0.25, 0.3) is 5.91 Å². The number of rotatable bonds is 9. The maximum atomic E-state index is 12.1. The lowest BCUT2D eigenvalue weighted by atomic mass is 10.1. The van der Waals surface area contributed by atoms with E-state index in [9.17, 15) is 10.1 Å². The van der Waals surface area contributed by atoms with Gasteiger partial charge in [0.1, 0.15) is 17.4 Å². The van der Waals surface area contributed by atoms with Gasteiger partial charge in [0.15, 0.2) is 0 Å². The van der Waals surface area contributed by atoms with Crippen molar-refractivity contribution in [1.29, 1.82) is 5.26 Å². The third-order valence-electron chi connectivity index (χ3n) is 3.94. The van der Waals surface area contributed by atoms with Gasteiger partial charge in [-0.1, -0.05) is 40.2 Å². The van der Waals surface area contributed by atoms with Gasteiger partial charge in [0.2, 0.25) is 0 Å². The number of carbonyl (C=O) groups is 1. The largest absolute Gasteiger partial charge is 0.497 e. The molecule has 2 aromatic rings. The molecular formula is C21H22BrN3O2. The molecule has 0 heterocycles. The zero-order valence-electron chi connectivity index (χ0n) is 15.2. The van der Waals surface area contributed by atoms with E-state index in [2.05, 4.69) is 26.6 Å². The molecule has 0 atom stereocenters. The van der Waals surface area contributed by atoms with Crippen LogP contribution in [0.25, 0.3) is 0 Å². The molecule has 0 aliphatic rings. The SMILES string of the molecule is COc1ccc(CCNC(=O)/C(C#N)=C\NCCc2ccc(Br)cc2)cc1. The second kappa shape index (κ2) is 11.0. The van der Waals surface area contributed by atoms with Crippen molar-refractivity contribution in [2.45, 2.75) is 12.8 Å². The number of ether oxygens (including phenoxy) is 1. The molecule has 0 fully saturated rings. The molecule has 0 unspecified atom stereocenters. The zero-order valence-corrected chi connectivity index (χ0v) is 16.8. The van der Waals surface area contributed by atoms with E-state index in [1.54, 1.807) is 7.11 Å². The average molecular weight is 428 g/mol. The highest BCUT2D eigenvalue weighted by atomic mass is 79.9. The maximum absolute atomic E-state index is 12.1. The third kappa shape index (κ3) is 7.16.